The zero-order valence-electron chi connectivity index (χ0n) is 21.7. The Hall–Kier alpha value is -2.50. The number of aliphatic hydroxyl groups is 3. The van der Waals surface area contributed by atoms with E-state index in [-0.39, 0.29) is 30.6 Å². The number of hydrogen-bond acceptors (Lipinski definition) is 4. The fraction of sp³-hybridized carbons (Fsp3) is 0.438. The molecule has 1 heterocycles. The van der Waals surface area contributed by atoms with Crippen LogP contribution in [0.5, 0.6) is 0 Å². The molecule has 1 unspecified atom stereocenters. The number of aliphatic hydroxyl groups excluding tert-OH is 2. The molecule has 3 N–H and O–H groups in total. The number of rotatable bonds is 10. The largest absolute Gasteiger partial charge is 0.396 e. The highest BCUT2D eigenvalue weighted by Crippen LogP contribution is 2.43. The molecule has 1 saturated heterocycles. The van der Waals surface area contributed by atoms with Gasteiger partial charge in [0.15, 0.2) is 0 Å². The second-order valence-corrected chi connectivity index (χ2v) is 10.9. The van der Waals surface area contributed by atoms with Gasteiger partial charge in [-0.3, -0.25) is 4.90 Å². The lowest BCUT2D eigenvalue weighted by Crippen LogP contribution is -2.45. The van der Waals surface area contributed by atoms with Crippen LogP contribution in [0.2, 0.25) is 0 Å². The van der Waals surface area contributed by atoms with Crippen molar-refractivity contribution in [3.05, 3.63) is 107 Å². The summed E-state index contributed by atoms with van der Waals surface area (Å²) in [5, 5.41) is 31.5. The van der Waals surface area contributed by atoms with Crippen molar-refractivity contribution < 1.29 is 15.3 Å². The summed E-state index contributed by atoms with van der Waals surface area (Å²) in [7, 11) is 0. The molecule has 1 fully saturated rings. The van der Waals surface area contributed by atoms with E-state index in [0.717, 1.165) is 55.5 Å². The molecule has 4 heteroatoms. The van der Waals surface area contributed by atoms with Crippen molar-refractivity contribution >= 4 is 0 Å². The monoisotopic (exact) mass is 487 g/mol. The number of nitrogens with zero attached hydrogens (tertiary/aromatic N) is 1. The summed E-state index contributed by atoms with van der Waals surface area (Å²) >= 11 is 0. The molecule has 0 amide bonds. The summed E-state index contributed by atoms with van der Waals surface area (Å²) in [6, 6.07) is 29.0. The number of benzene rings is 3. The zero-order chi connectivity index (χ0) is 25.6. The van der Waals surface area contributed by atoms with Crippen LogP contribution in [0.3, 0.4) is 0 Å². The predicted molar refractivity (Wildman–Crippen MR) is 146 cm³/mol. The SMILES string of the molecule is CC(C)(CO)c1ccc(C(CCCO)N2CCC(C(O)(c3ccccc3)c3ccccc3)CC2)cc1. The summed E-state index contributed by atoms with van der Waals surface area (Å²) in [6.45, 7) is 6.19. The first-order chi connectivity index (χ1) is 17.4. The van der Waals surface area contributed by atoms with Crippen molar-refractivity contribution in [2.45, 2.75) is 56.6 Å². The van der Waals surface area contributed by atoms with Gasteiger partial charge in [-0.15, -0.1) is 0 Å². The Morgan fingerprint density at radius 2 is 1.31 bits per heavy atom. The van der Waals surface area contributed by atoms with Crippen LogP contribution in [0.4, 0.5) is 0 Å². The Morgan fingerprint density at radius 3 is 1.78 bits per heavy atom. The number of hydrogen-bond donors (Lipinski definition) is 3. The lowest BCUT2D eigenvalue weighted by atomic mass is 9.72. The third-order valence-corrected chi connectivity index (χ3v) is 8.10. The molecule has 0 saturated carbocycles. The minimum absolute atomic E-state index is 0.111. The Morgan fingerprint density at radius 1 is 0.778 bits per heavy atom. The smallest absolute Gasteiger partial charge is 0.117 e. The van der Waals surface area contributed by atoms with Crippen molar-refractivity contribution in [3.8, 4) is 0 Å². The zero-order valence-corrected chi connectivity index (χ0v) is 21.7. The maximum Gasteiger partial charge on any atom is 0.117 e. The summed E-state index contributed by atoms with van der Waals surface area (Å²) in [4.78, 5) is 2.52. The quantitative estimate of drug-likeness (QED) is 0.357. The first-order valence-electron chi connectivity index (χ1n) is 13.3. The molecule has 3 aromatic carbocycles. The molecule has 1 aliphatic heterocycles. The lowest BCUT2D eigenvalue weighted by Gasteiger charge is -2.44. The Kier molecular flexibility index (Phi) is 8.63. The summed E-state index contributed by atoms with van der Waals surface area (Å²) in [6.07, 6.45) is 3.44. The minimum atomic E-state index is -1.02. The normalized spacial score (nSPS) is 16.7. The molecule has 4 rings (SSSR count). The van der Waals surface area contributed by atoms with Gasteiger partial charge in [-0.2, -0.15) is 0 Å². The molecule has 0 aliphatic carbocycles. The molecule has 4 nitrogen and oxygen atoms in total. The van der Waals surface area contributed by atoms with E-state index in [4.69, 9.17) is 0 Å². The summed E-state index contributed by atoms with van der Waals surface area (Å²) in [5.74, 6) is 0.116. The number of piperidine rings is 1. The molecule has 0 aromatic heterocycles. The average Bonchev–Trinajstić information content (AvgIpc) is 2.94. The molecule has 3 aromatic rings. The van der Waals surface area contributed by atoms with E-state index in [1.165, 1.54) is 5.56 Å². The van der Waals surface area contributed by atoms with Crippen LogP contribution in [-0.2, 0) is 11.0 Å². The maximum atomic E-state index is 12.2. The van der Waals surface area contributed by atoms with Crippen molar-refractivity contribution in [3.63, 3.8) is 0 Å². The highest BCUT2D eigenvalue weighted by Gasteiger charge is 2.42. The van der Waals surface area contributed by atoms with E-state index >= 15 is 0 Å². The van der Waals surface area contributed by atoms with Crippen LogP contribution >= 0.6 is 0 Å². The molecular formula is C32H41NO3. The van der Waals surface area contributed by atoms with Crippen molar-refractivity contribution in [2.75, 3.05) is 26.3 Å². The van der Waals surface area contributed by atoms with Crippen LogP contribution in [0.1, 0.15) is 67.8 Å². The van der Waals surface area contributed by atoms with E-state index in [9.17, 15) is 15.3 Å². The maximum absolute atomic E-state index is 12.2. The third kappa shape index (κ3) is 5.57. The van der Waals surface area contributed by atoms with Gasteiger partial charge >= 0.3 is 0 Å². The van der Waals surface area contributed by atoms with Crippen molar-refractivity contribution in [2.24, 2.45) is 5.92 Å². The van der Waals surface area contributed by atoms with Crippen LogP contribution in [0.25, 0.3) is 0 Å². The van der Waals surface area contributed by atoms with E-state index in [1.807, 2.05) is 60.7 Å². The standard InChI is InChI=1S/C32H41NO3/c1-31(2,24-35)26-17-15-25(16-18-26)30(14-9-23-34)33-21-19-29(20-22-33)32(36,27-10-5-3-6-11-27)28-12-7-4-8-13-28/h3-8,10-13,15-18,29-30,34-36H,9,14,19-24H2,1-2H3. The van der Waals surface area contributed by atoms with Gasteiger partial charge in [-0.05, 0) is 66.9 Å². The van der Waals surface area contributed by atoms with Crippen molar-refractivity contribution in [1.82, 2.24) is 4.90 Å². The molecule has 1 aliphatic rings. The molecule has 0 radical (unpaired) electrons. The van der Waals surface area contributed by atoms with Gasteiger partial charge in [-0.25, -0.2) is 0 Å². The predicted octanol–water partition coefficient (Wildman–Crippen LogP) is 5.42. The number of likely N-dealkylation sites (tertiary alicyclic amines) is 1. The lowest BCUT2D eigenvalue weighted by molar-refractivity contribution is -0.0216. The van der Waals surface area contributed by atoms with E-state index in [0.29, 0.717) is 0 Å². The highest BCUT2D eigenvalue weighted by molar-refractivity contribution is 5.37. The summed E-state index contributed by atoms with van der Waals surface area (Å²) < 4.78 is 0. The van der Waals surface area contributed by atoms with Gasteiger partial charge in [0.25, 0.3) is 0 Å². The molecule has 36 heavy (non-hydrogen) atoms. The Balaban J connectivity index is 1.55. The van der Waals surface area contributed by atoms with Crippen LogP contribution < -0.4 is 0 Å². The second-order valence-electron chi connectivity index (χ2n) is 10.9. The molecule has 0 spiro atoms. The van der Waals surface area contributed by atoms with E-state index < -0.39 is 5.60 Å². The Bertz CT molecular complexity index is 1020. The molecule has 0 bridgehead atoms. The summed E-state index contributed by atoms with van der Waals surface area (Å²) in [5.41, 5.74) is 3.00. The Labute approximate surface area is 216 Å². The highest BCUT2D eigenvalue weighted by atomic mass is 16.3. The van der Waals surface area contributed by atoms with Crippen LogP contribution in [0, 0.1) is 5.92 Å². The van der Waals surface area contributed by atoms with Gasteiger partial charge in [0, 0.05) is 18.1 Å². The van der Waals surface area contributed by atoms with Gasteiger partial charge in [0.05, 0.1) is 6.61 Å². The fourth-order valence-corrected chi connectivity index (χ4v) is 5.74. The topological polar surface area (TPSA) is 63.9 Å². The van der Waals surface area contributed by atoms with Gasteiger partial charge in [0.2, 0.25) is 0 Å². The average molecular weight is 488 g/mol. The van der Waals surface area contributed by atoms with Gasteiger partial charge < -0.3 is 15.3 Å². The molecular weight excluding hydrogens is 446 g/mol. The fourth-order valence-electron chi connectivity index (χ4n) is 5.74. The van der Waals surface area contributed by atoms with Crippen LogP contribution in [0.15, 0.2) is 84.9 Å². The third-order valence-electron chi connectivity index (χ3n) is 8.10. The molecule has 1 atom stereocenters. The van der Waals surface area contributed by atoms with Gasteiger partial charge in [0.1, 0.15) is 5.60 Å². The first-order valence-corrected chi connectivity index (χ1v) is 13.3. The van der Waals surface area contributed by atoms with Gasteiger partial charge in [-0.1, -0.05) is 98.8 Å². The van der Waals surface area contributed by atoms with Crippen LogP contribution in [-0.4, -0.2) is 46.5 Å². The first kappa shape index (κ1) is 26.6. The van der Waals surface area contributed by atoms with E-state index in [1.54, 1.807) is 0 Å². The molecule has 192 valence electrons. The van der Waals surface area contributed by atoms with E-state index in [2.05, 4.69) is 43.0 Å². The minimum Gasteiger partial charge on any atom is -0.396 e. The van der Waals surface area contributed by atoms with Crippen molar-refractivity contribution in [1.29, 1.82) is 0 Å². The second kappa shape index (κ2) is 11.7.